The fourth-order valence-electron chi connectivity index (χ4n) is 10.4. The van der Waals surface area contributed by atoms with Gasteiger partial charge in [0.2, 0.25) is 11.8 Å². The first kappa shape index (κ1) is 40.6. The van der Waals surface area contributed by atoms with Crippen LogP contribution < -0.4 is 25.2 Å². The number of amides is 4. The maximum atomic E-state index is 15.4. The largest absolute Gasteiger partial charge is 0.489 e. The Morgan fingerprint density at radius 1 is 0.932 bits per heavy atom. The molecule has 59 heavy (non-hydrogen) atoms. The lowest BCUT2D eigenvalue weighted by molar-refractivity contribution is -0.164. The minimum absolute atomic E-state index is 0.121. The van der Waals surface area contributed by atoms with Gasteiger partial charge in [0.15, 0.2) is 0 Å². The van der Waals surface area contributed by atoms with Gasteiger partial charge in [-0.25, -0.2) is 4.39 Å². The van der Waals surface area contributed by atoms with E-state index in [1.54, 1.807) is 24.3 Å². The fourth-order valence-corrected chi connectivity index (χ4v) is 10.6. The van der Waals surface area contributed by atoms with Crippen LogP contribution in [-0.4, -0.2) is 97.4 Å². The van der Waals surface area contributed by atoms with Crippen LogP contribution >= 0.6 is 11.6 Å². The van der Waals surface area contributed by atoms with Crippen molar-refractivity contribution >= 4 is 46.6 Å². The van der Waals surface area contributed by atoms with E-state index in [1.807, 2.05) is 24.3 Å². The smallest absolute Gasteiger partial charge is 0.255 e. The first-order valence-corrected chi connectivity index (χ1v) is 21.0. The highest BCUT2D eigenvalue weighted by Gasteiger charge is 2.64. The lowest BCUT2D eigenvalue weighted by Crippen LogP contribution is -2.74. The minimum Gasteiger partial charge on any atom is -0.489 e. The maximum Gasteiger partial charge on any atom is 0.255 e. The van der Waals surface area contributed by atoms with Gasteiger partial charge in [-0.1, -0.05) is 39.3 Å². The van der Waals surface area contributed by atoms with Crippen molar-refractivity contribution in [3.8, 4) is 11.8 Å². The van der Waals surface area contributed by atoms with Crippen molar-refractivity contribution in [3.63, 3.8) is 0 Å². The quantitative estimate of drug-likeness (QED) is 0.258. The number of fused-ring (bicyclic) bond motifs is 1. The molecule has 4 heterocycles. The number of piperidine rings is 2. The van der Waals surface area contributed by atoms with E-state index < -0.39 is 17.8 Å². The summed E-state index contributed by atoms with van der Waals surface area (Å²) in [7, 11) is 0. The SMILES string of the molecule is CC1(C)C(NC(=O)c2ccc(N3CCN(CC4CCN(c5cc6c(cc5F)C(=O)N(C5CCC(=O)NC5=O)C6)CC4)CC3)cc2)C(C)(C)C1Oc1ccc(C#N)c(Cl)c1. The van der Waals surface area contributed by atoms with Crippen LogP contribution in [-0.2, 0) is 16.1 Å². The molecular weight excluding hydrogens is 773 g/mol. The summed E-state index contributed by atoms with van der Waals surface area (Å²) in [6, 6.07) is 17.2. The average molecular weight is 824 g/mol. The Bertz CT molecular complexity index is 2190. The highest BCUT2D eigenvalue weighted by Crippen LogP contribution is 2.55. The molecule has 1 aliphatic carbocycles. The monoisotopic (exact) mass is 823 g/mol. The van der Waals surface area contributed by atoms with Crippen molar-refractivity contribution in [2.45, 2.75) is 78.1 Å². The molecule has 8 rings (SSSR count). The number of nitrogens with zero attached hydrogens (tertiary/aromatic N) is 5. The highest BCUT2D eigenvalue weighted by atomic mass is 35.5. The van der Waals surface area contributed by atoms with Crippen LogP contribution in [0.2, 0.25) is 5.02 Å². The third kappa shape index (κ3) is 7.73. The molecule has 3 aromatic rings. The Morgan fingerprint density at radius 3 is 2.27 bits per heavy atom. The molecule has 14 heteroatoms. The number of hydrogen-bond donors (Lipinski definition) is 2. The van der Waals surface area contributed by atoms with Crippen LogP contribution in [0.15, 0.2) is 54.6 Å². The van der Waals surface area contributed by atoms with Crippen molar-refractivity contribution in [1.82, 2.24) is 20.4 Å². The van der Waals surface area contributed by atoms with E-state index in [9.17, 15) is 24.4 Å². The molecule has 1 atom stereocenters. The molecule has 310 valence electrons. The summed E-state index contributed by atoms with van der Waals surface area (Å²) in [5.41, 5.74) is 2.88. The van der Waals surface area contributed by atoms with Crippen molar-refractivity contribution in [1.29, 1.82) is 5.26 Å². The van der Waals surface area contributed by atoms with Gasteiger partial charge in [-0.05, 0) is 79.3 Å². The van der Waals surface area contributed by atoms with Crippen LogP contribution in [0, 0.1) is 33.9 Å². The summed E-state index contributed by atoms with van der Waals surface area (Å²) in [5, 5.41) is 15.2. The first-order valence-electron chi connectivity index (χ1n) is 20.6. The van der Waals surface area contributed by atoms with Gasteiger partial charge in [0.1, 0.15) is 29.8 Å². The molecule has 3 saturated heterocycles. The molecule has 0 radical (unpaired) electrons. The summed E-state index contributed by atoms with van der Waals surface area (Å²) < 4.78 is 21.8. The number of carbonyl (C=O) groups excluding carboxylic acids is 4. The summed E-state index contributed by atoms with van der Waals surface area (Å²) >= 11 is 6.25. The van der Waals surface area contributed by atoms with Crippen molar-refractivity contribution in [2.24, 2.45) is 16.7 Å². The molecule has 2 N–H and O–H groups in total. The number of halogens is 2. The second kappa shape index (κ2) is 15.8. The molecule has 4 amide bonds. The third-order valence-electron chi connectivity index (χ3n) is 13.4. The van der Waals surface area contributed by atoms with Crippen LogP contribution in [0.25, 0.3) is 0 Å². The molecule has 1 unspecified atom stereocenters. The number of piperazine rings is 1. The lowest BCUT2D eigenvalue weighted by atomic mass is 9.49. The van der Waals surface area contributed by atoms with E-state index in [4.69, 9.17) is 16.3 Å². The van der Waals surface area contributed by atoms with Crippen molar-refractivity contribution in [3.05, 3.63) is 87.7 Å². The summed E-state index contributed by atoms with van der Waals surface area (Å²) in [5.74, 6) is -0.637. The summed E-state index contributed by atoms with van der Waals surface area (Å²) in [4.78, 5) is 59.1. The highest BCUT2D eigenvalue weighted by molar-refractivity contribution is 6.31. The van der Waals surface area contributed by atoms with Gasteiger partial charge >= 0.3 is 0 Å². The van der Waals surface area contributed by atoms with E-state index in [2.05, 4.69) is 59.1 Å². The number of carbonyl (C=O) groups is 4. The predicted molar refractivity (Wildman–Crippen MR) is 222 cm³/mol. The van der Waals surface area contributed by atoms with Crippen molar-refractivity contribution in [2.75, 3.05) is 55.6 Å². The summed E-state index contributed by atoms with van der Waals surface area (Å²) in [6.45, 7) is 14.7. The van der Waals surface area contributed by atoms with E-state index in [1.165, 1.54) is 11.0 Å². The molecule has 4 aliphatic heterocycles. The van der Waals surface area contributed by atoms with Crippen LogP contribution in [0.5, 0.6) is 5.75 Å². The molecule has 3 aromatic carbocycles. The number of anilines is 2. The number of rotatable bonds is 9. The Morgan fingerprint density at radius 2 is 1.63 bits per heavy atom. The molecule has 1 saturated carbocycles. The maximum absolute atomic E-state index is 15.4. The number of ether oxygens (including phenoxy) is 1. The normalized spacial score (nSPS) is 24.3. The van der Waals surface area contributed by atoms with Gasteiger partial charge < -0.3 is 24.8 Å². The zero-order chi connectivity index (χ0) is 41.8. The van der Waals surface area contributed by atoms with Gasteiger partial charge in [0, 0.05) is 98.5 Å². The third-order valence-corrected chi connectivity index (χ3v) is 13.7. The molecule has 12 nitrogen and oxygen atoms in total. The number of nitriles is 1. The molecular formula is C45H51ClFN7O5. The average Bonchev–Trinajstić information content (AvgIpc) is 3.53. The standard InChI is InChI=1S/C45H51ClFN7O5/c1-44(2)42(45(3,4)43(44)59-32-10-7-29(24-48)34(46)22-32)50-39(56)28-5-8-31(9-6-28)52-19-17-51(18-20-52)25-27-13-15-53(16-14-27)37-21-30-26-54(41(58)33(30)23-35(37)47)36-11-12-38(55)49-40(36)57/h5-10,21-23,27,36,42-43H,11-20,25-26H2,1-4H3,(H,50,56)(H,49,55,57). The van der Waals surface area contributed by atoms with Gasteiger partial charge in [-0.15, -0.1) is 0 Å². The van der Waals surface area contributed by atoms with Crippen LogP contribution in [0.4, 0.5) is 15.8 Å². The Labute approximate surface area is 349 Å². The Hall–Kier alpha value is -5.19. The number of imide groups is 1. The Balaban J connectivity index is 0.791. The molecule has 0 aromatic heterocycles. The summed E-state index contributed by atoms with van der Waals surface area (Å²) in [6.07, 6.45) is 2.14. The minimum atomic E-state index is -0.727. The Kier molecular flexibility index (Phi) is 10.8. The lowest BCUT2D eigenvalue weighted by Gasteiger charge is -2.63. The van der Waals surface area contributed by atoms with Crippen LogP contribution in [0.3, 0.4) is 0 Å². The zero-order valence-electron chi connectivity index (χ0n) is 34.0. The first-order chi connectivity index (χ1) is 28.1. The van der Waals surface area contributed by atoms with Gasteiger partial charge in [0.05, 0.1) is 16.3 Å². The van der Waals surface area contributed by atoms with Gasteiger partial charge in [0.25, 0.3) is 11.8 Å². The van der Waals surface area contributed by atoms with Crippen LogP contribution in [0.1, 0.15) is 85.2 Å². The molecule has 0 spiro atoms. The number of benzene rings is 3. The molecule has 4 fully saturated rings. The van der Waals surface area contributed by atoms with Gasteiger partial charge in [-0.3, -0.25) is 29.4 Å². The zero-order valence-corrected chi connectivity index (χ0v) is 34.8. The van der Waals surface area contributed by atoms with E-state index in [0.717, 1.165) is 64.3 Å². The van der Waals surface area contributed by atoms with Crippen molar-refractivity contribution < 1.29 is 28.3 Å². The van der Waals surface area contributed by atoms with E-state index in [-0.39, 0.29) is 60.1 Å². The van der Waals surface area contributed by atoms with E-state index in [0.29, 0.717) is 44.6 Å². The number of nitrogens with one attached hydrogen (secondary N) is 2. The topological polar surface area (TPSA) is 138 Å². The van der Waals surface area contributed by atoms with E-state index >= 15 is 4.39 Å². The predicted octanol–water partition coefficient (Wildman–Crippen LogP) is 5.76. The second-order valence-electron chi connectivity index (χ2n) is 17.9. The second-order valence-corrected chi connectivity index (χ2v) is 18.3. The van der Waals surface area contributed by atoms with Gasteiger partial charge in [-0.2, -0.15) is 5.26 Å². The fraction of sp³-hybridized carbons (Fsp3) is 0.489. The number of hydrogen-bond acceptors (Lipinski definition) is 9. The molecule has 5 aliphatic rings. The molecule has 0 bridgehead atoms.